The van der Waals surface area contributed by atoms with Crippen molar-refractivity contribution in [2.45, 2.75) is 77.7 Å². The predicted octanol–water partition coefficient (Wildman–Crippen LogP) is 7.13. The number of alkyl halides is 2. The van der Waals surface area contributed by atoms with Gasteiger partial charge in [-0.3, -0.25) is 0 Å². The summed E-state index contributed by atoms with van der Waals surface area (Å²) in [5, 5.41) is 0. The van der Waals surface area contributed by atoms with Crippen LogP contribution in [0.3, 0.4) is 0 Å². The number of ether oxygens (including phenoxy) is 1. The van der Waals surface area contributed by atoms with E-state index in [9.17, 15) is 17.6 Å². The maximum absolute atomic E-state index is 14.1. The summed E-state index contributed by atoms with van der Waals surface area (Å²) in [5.41, 5.74) is 0.248. The molecule has 2 fully saturated rings. The van der Waals surface area contributed by atoms with Crippen LogP contribution in [0.15, 0.2) is 12.1 Å². The minimum absolute atomic E-state index is 0.248. The number of rotatable bonds is 6. The fourth-order valence-corrected chi connectivity index (χ4v) is 5.02. The highest BCUT2D eigenvalue weighted by Crippen LogP contribution is 2.42. The van der Waals surface area contributed by atoms with Crippen LogP contribution in [0.5, 0.6) is 5.75 Å². The van der Waals surface area contributed by atoms with Gasteiger partial charge in [0, 0.05) is 0 Å². The van der Waals surface area contributed by atoms with Crippen molar-refractivity contribution in [3.8, 4) is 5.75 Å². The second-order valence-electron chi connectivity index (χ2n) is 8.57. The lowest BCUT2D eigenvalue weighted by molar-refractivity contribution is -0.0525. The van der Waals surface area contributed by atoms with Crippen molar-refractivity contribution in [2.75, 3.05) is 0 Å². The van der Waals surface area contributed by atoms with E-state index in [4.69, 9.17) is 0 Å². The lowest BCUT2D eigenvalue weighted by Crippen LogP contribution is -2.25. The average molecular weight is 386 g/mol. The highest BCUT2D eigenvalue weighted by Gasteiger charge is 2.30. The summed E-state index contributed by atoms with van der Waals surface area (Å²) in [6, 6.07) is 2.46. The first-order valence-corrected chi connectivity index (χ1v) is 10.4. The Morgan fingerprint density at radius 2 is 1.48 bits per heavy atom. The highest BCUT2D eigenvalue weighted by atomic mass is 19.3. The number of hydrogen-bond acceptors (Lipinski definition) is 1. The maximum Gasteiger partial charge on any atom is 0.387 e. The van der Waals surface area contributed by atoms with Crippen LogP contribution >= 0.6 is 0 Å². The van der Waals surface area contributed by atoms with Gasteiger partial charge in [0.2, 0.25) is 5.82 Å². The summed E-state index contributed by atoms with van der Waals surface area (Å²) >= 11 is 0. The fraction of sp³-hybridized carbons (Fsp3) is 0.727. The standard InChI is InChI=1S/C22H30F4O/c1-14-2-7-16(8-3-14)17-9-4-15(5-10-17)6-11-18-12-13-19(27-22(25)26)21(24)20(18)23/h12-17,22H,2-11H2,1H3. The lowest BCUT2D eigenvalue weighted by atomic mass is 9.69. The summed E-state index contributed by atoms with van der Waals surface area (Å²) in [4.78, 5) is 0. The van der Waals surface area contributed by atoms with Crippen LogP contribution in [-0.4, -0.2) is 6.61 Å². The van der Waals surface area contributed by atoms with Crippen LogP contribution in [0.1, 0.15) is 70.3 Å². The number of hydrogen-bond donors (Lipinski definition) is 0. The summed E-state index contributed by atoms with van der Waals surface area (Å²) in [6.07, 6.45) is 11.5. The van der Waals surface area contributed by atoms with Crippen molar-refractivity contribution in [3.63, 3.8) is 0 Å². The molecule has 0 heterocycles. The second kappa shape index (κ2) is 9.29. The van der Waals surface area contributed by atoms with Gasteiger partial charge < -0.3 is 4.74 Å². The monoisotopic (exact) mass is 386 g/mol. The Morgan fingerprint density at radius 1 is 0.889 bits per heavy atom. The first-order valence-electron chi connectivity index (χ1n) is 10.4. The van der Waals surface area contributed by atoms with Crippen LogP contribution < -0.4 is 4.74 Å². The summed E-state index contributed by atoms with van der Waals surface area (Å²) in [7, 11) is 0. The van der Waals surface area contributed by atoms with E-state index in [2.05, 4.69) is 11.7 Å². The van der Waals surface area contributed by atoms with Crippen molar-refractivity contribution in [3.05, 3.63) is 29.3 Å². The van der Waals surface area contributed by atoms with Gasteiger partial charge in [-0.15, -0.1) is 0 Å². The number of aryl methyl sites for hydroxylation is 1. The van der Waals surface area contributed by atoms with Crippen LogP contribution in [-0.2, 0) is 6.42 Å². The Bertz CT molecular complexity index is 603. The molecule has 0 aromatic heterocycles. The van der Waals surface area contributed by atoms with Gasteiger partial charge >= 0.3 is 6.61 Å². The molecule has 0 spiro atoms. The van der Waals surface area contributed by atoms with Gasteiger partial charge in [-0.05, 0) is 73.8 Å². The Balaban J connectivity index is 1.47. The topological polar surface area (TPSA) is 9.23 Å². The largest absolute Gasteiger partial charge is 0.432 e. The quantitative estimate of drug-likeness (QED) is 0.473. The van der Waals surface area contributed by atoms with E-state index in [0.29, 0.717) is 12.3 Å². The zero-order valence-corrected chi connectivity index (χ0v) is 16.0. The van der Waals surface area contributed by atoms with E-state index in [1.165, 1.54) is 44.6 Å². The van der Waals surface area contributed by atoms with Gasteiger partial charge in [0.1, 0.15) is 0 Å². The average Bonchev–Trinajstić information content (AvgIpc) is 2.66. The van der Waals surface area contributed by atoms with Gasteiger partial charge in [0.15, 0.2) is 11.6 Å². The highest BCUT2D eigenvalue weighted by molar-refractivity contribution is 5.31. The van der Waals surface area contributed by atoms with Crippen molar-refractivity contribution >= 4 is 0 Å². The molecular weight excluding hydrogens is 356 g/mol. The predicted molar refractivity (Wildman–Crippen MR) is 97.9 cm³/mol. The molecule has 2 aliphatic carbocycles. The molecular formula is C22H30F4O. The lowest BCUT2D eigenvalue weighted by Gasteiger charge is -2.37. The zero-order chi connectivity index (χ0) is 19.4. The van der Waals surface area contributed by atoms with Gasteiger partial charge in [-0.25, -0.2) is 4.39 Å². The molecule has 0 atom stereocenters. The minimum Gasteiger partial charge on any atom is -0.432 e. The van der Waals surface area contributed by atoms with E-state index in [-0.39, 0.29) is 5.56 Å². The summed E-state index contributed by atoms with van der Waals surface area (Å²) < 4.78 is 56.3. The molecule has 0 saturated heterocycles. The molecule has 0 unspecified atom stereocenters. The molecule has 0 aliphatic heterocycles. The molecule has 3 rings (SSSR count). The molecule has 0 bridgehead atoms. The van der Waals surface area contributed by atoms with E-state index in [1.807, 2.05) is 0 Å². The Labute approximate surface area is 159 Å². The van der Waals surface area contributed by atoms with E-state index >= 15 is 0 Å². The molecule has 1 nitrogen and oxygen atoms in total. The fourth-order valence-electron chi connectivity index (χ4n) is 5.02. The SMILES string of the molecule is CC1CCC(C2CCC(CCc3ccc(OC(F)F)c(F)c3F)CC2)CC1. The van der Waals surface area contributed by atoms with Gasteiger partial charge in [-0.1, -0.05) is 38.7 Å². The third kappa shape index (κ3) is 5.39. The van der Waals surface area contributed by atoms with Gasteiger partial charge in [0.05, 0.1) is 0 Å². The van der Waals surface area contributed by atoms with Gasteiger partial charge in [-0.2, -0.15) is 13.2 Å². The van der Waals surface area contributed by atoms with Crippen LogP contribution in [0, 0.1) is 35.3 Å². The molecule has 152 valence electrons. The molecule has 0 N–H and O–H groups in total. The normalized spacial score (nSPS) is 29.1. The van der Waals surface area contributed by atoms with Crippen molar-refractivity contribution in [2.24, 2.45) is 23.7 Å². The van der Waals surface area contributed by atoms with E-state index in [1.54, 1.807) is 0 Å². The number of benzene rings is 1. The maximum atomic E-state index is 14.1. The van der Waals surface area contributed by atoms with Crippen LogP contribution in [0.4, 0.5) is 17.6 Å². The minimum atomic E-state index is -3.16. The van der Waals surface area contributed by atoms with Crippen molar-refractivity contribution in [1.82, 2.24) is 0 Å². The molecule has 1 aromatic carbocycles. The summed E-state index contributed by atoms with van der Waals surface area (Å²) in [6.45, 7) is -0.811. The van der Waals surface area contributed by atoms with E-state index < -0.39 is 24.0 Å². The first-order chi connectivity index (χ1) is 12.9. The first kappa shape index (κ1) is 20.5. The number of halogens is 4. The molecule has 2 aliphatic rings. The van der Waals surface area contributed by atoms with Crippen LogP contribution in [0.2, 0.25) is 0 Å². The Kier molecular flexibility index (Phi) is 7.04. The zero-order valence-electron chi connectivity index (χ0n) is 16.0. The third-order valence-electron chi connectivity index (χ3n) is 6.78. The molecule has 27 heavy (non-hydrogen) atoms. The van der Waals surface area contributed by atoms with Crippen LogP contribution in [0.25, 0.3) is 0 Å². The third-order valence-corrected chi connectivity index (χ3v) is 6.78. The summed E-state index contributed by atoms with van der Waals surface area (Å²) in [5.74, 6) is 0.0492. The van der Waals surface area contributed by atoms with Crippen molar-refractivity contribution < 1.29 is 22.3 Å². The molecule has 0 amide bonds. The molecule has 5 heteroatoms. The Hall–Kier alpha value is -1.26. The molecule has 0 radical (unpaired) electrons. The Morgan fingerprint density at radius 3 is 2.07 bits per heavy atom. The smallest absolute Gasteiger partial charge is 0.387 e. The molecule has 1 aromatic rings. The van der Waals surface area contributed by atoms with E-state index in [0.717, 1.165) is 43.1 Å². The second-order valence-corrected chi connectivity index (χ2v) is 8.57. The molecule has 2 saturated carbocycles. The van der Waals surface area contributed by atoms with Crippen molar-refractivity contribution in [1.29, 1.82) is 0 Å². The van der Waals surface area contributed by atoms with Gasteiger partial charge in [0.25, 0.3) is 0 Å².